The monoisotopic (exact) mass is 513 g/mol. The number of nitrogens with one attached hydrogen (secondary N) is 1. The maximum Gasteiger partial charge on any atom is 1.00 e. The first-order valence-corrected chi connectivity index (χ1v) is 12.0. The number of hydrogen-bond acceptors (Lipinski definition) is 7. The fourth-order valence-electron chi connectivity index (χ4n) is 4.33. The van der Waals surface area contributed by atoms with Crippen molar-refractivity contribution in [1.29, 1.82) is 0 Å². The molecule has 36 heavy (non-hydrogen) atoms. The van der Waals surface area contributed by atoms with E-state index < -0.39 is 30.4 Å². The average Bonchev–Trinajstić information content (AvgIpc) is 3.18. The summed E-state index contributed by atoms with van der Waals surface area (Å²) in [5.41, 5.74) is 1.19. The van der Waals surface area contributed by atoms with E-state index >= 15 is 0 Å². The van der Waals surface area contributed by atoms with Crippen molar-refractivity contribution in [2.24, 2.45) is 0 Å². The molecule has 1 aromatic heterocycles. The normalized spacial score (nSPS) is 15.7. The van der Waals surface area contributed by atoms with E-state index in [-0.39, 0.29) is 72.0 Å². The zero-order chi connectivity index (χ0) is 25.5. The molecule has 2 aromatic rings. The Bertz CT molecular complexity index is 1010. The molecular formula is C25H33FN3NaO6. The van der Waals surface area contributed by atoms with Crippen molar-refractivity contribution >= 4 is 11.9 Å². The van der Waals surface area contributed by atoms with E-state index in [0.29, 0.717) is 11.3 Å². The van der Waals surface area contributed by atoms with Crippen LogP contribution < -0.4 is 44.7 Å². The molecular weight excluding hydrogens is 480 g/mol. The standard InChI is InChI=1S/C25H34FN3O6.Na/c1-15(2)22-23(24(34)27-17-6-4-3-5-7-17)28-29(18-10-8-16(26)9-11-18)25(22)35-14-20(31)12-19(30)13-21(32)33;/h8-11,15,17,19-20,30-31H,3-7,12-14H2,1-2H3,(H,27,34)(H,32,33);/q;+1/p-1/t19-,20+;/m1./s1. The fraction of sp³-hybridized carbons (Fsp3) is 0.560. The van der Waals surface area contributed by atoms with Gasteiger partial charge in [0.05, 0.1) is 17.9 Å². The Kier molecular flexibility index (Phi) is 11.8. The maximum absolute atomic E-state index is 13.5. The van der Waals surface area contributed by atoms with E-state index in [1.807, 2.05) is 13.8 Å². The second-order valence-electron chi connectivity index (χ2n) is 9.35. The Morgan fingerprint density at radius 1 is 1.17 bits per heavy atom. The predicted octanol–water partition coefficient (Wildman–Crippen LogP) is -1.17. The van der Waals surface area contributed by atoms with Gasteiger partial charge in [-0.15, -0.1) is 0 Å². The first kappa shape index (κ1) is 30.2. The third-order valence-electron chi connectivity index (χ3n) is 6.04. The van der Waals surface area contributed by atoms with Crippen LogP contribution in [0.15, 0.2) is 24.3 Å². The van der Waals surface area contributed by atoms with Gasteiger partial charge in [0.25, 0.3) is 5.91 Å². The number of amides is 1. The van der Waals surface area contributed by atoms with Crippen LogP contribution in [-0.2, 0) is 4.79 Å². The molecule has 11 heteroatoms. The summed E-state index contributed by atoms with van der Waals surface area (Å²) in [7, 11) is 0. The summed E-state index contributed by atoms with van der Waals surface area (Å²) < 4.78 is 20.8. The van der Waals surface area contributed by atoms with Crippen molar-refractivity contribution in [3.05, 3.63) is 41.3 Å². The largest absolute Gasteiger partial charge is 1.00 e. The van der Waals surface area contributed by atoms with E-state index in [0.717, 1.165) is 32.1 Å². The van der Waals surface area contributed by atoms with Crippen molar-refractivity contribution in [3.8, 4) is 11.6 Å². The number of hydrogen-bond donors (Lipinski definition) is 3. The topological polar surface area (TPSA) is 137 Å². The van der Waals surface area contributed by atoms with Crippen molar-refractivity contribution in [2.45, 2.75) is 83.0 Å². The van der Waals surface area contributed by atoms with Crippen LogP contribution in [-0.4, -0.2) is 56.7 Å². The minimum atomic E-state index is -1.42. The van der Waals surface area contributed by atoms with Gasteiger partial charge in [0, 0.05) is 30.4 Å². The number of ether oxygens (including phenoxy) is 1. The van der Waals surface area contributed by atoms with Gasteiger partial charge in [-0.05, 0) is 43.0 Å². The van der Waals surface area contributed by atoms with Gasteiger partial charge < -0.3 is 30.2 Å². The number of benzene rings is 1. The molecule has 1 aromatic carbocycles. The Morgan fingerprint density at radius 3 is 2.39 bits per heavy atom. The van der Waals surface area contributed by atoms with Crippen LogP contribution in [0.5, 0.6) is 5.88 Å². The summed E-state index contributed by atoms with van der Waals surface area (Å²) in [6.45, 7) is 3.49. The number of rotatable bonds is 11. The molecule has 192 valence electrons. The summed E-state index contributed by atoms with van der Waals surface area (Å²) in [5, 5.41) is 38.3. The third kappa shape index (κ3) is 8.27. The number of aliphatic carboxylic acids is 1. The second kappa shape index (κ2) is 14.1. The zero-order valence-corrected chi connectivity index (χ0v) is 23.1. The van der Waals surface area contributed by atoms with Gasteiger partial charge in [-0.25, -0.2) is 9.07 Å². The van der Waals surface area contributed by atoms with Gasteiger partial charge in [-0.3, -0.25) is 4.79 Å². The van der Waals surface area contributed by atoms with E-state index in [9.17, 15) is 29.3 Å². The van der Waals surface area contributed by atoms with Gasteiger partial charge in [0.15, 0.2) is 5.69 Å². The Hall–Kier alpha value is -1.98. The van der Waals surface area contributed by atoms with Crippen molar-refractivity contribution in [1.82, 2.24) is 15.1 Å². The number of aromatic nitrogens is 2. The van der Waals surface area contributed by atoms with Crippen LogP contribution in [0.3, 0.4) is 0 Å². The van der Waals surface area contributed by atoms with Crippen LogP contribution in [0.1, 0.15) is 80.8 Å². The van der Waals surface area contributed by atoms with Gasteiger partial charge in [-0.2, -0.15) is 5.10 Å². The molecule has 2 atom stereocenters. The number of carbonyl (C=O) groups excluding carboxylic acids is 2. The summed E-state index contributed by atoms with van der Waals surface area (Å²) in [6.07, 6.45) is 1.78. The van der Waals surface area contributed by atoms with Crippen LogP contribution in [0.4, 0.5) is 4.39 Å². The number of aliphatic hydroxyl groups excluding tert-OH is 2. The number of carboxylic acid groups (broad SMARTS) is 1. The molecule has 0 bridgehead atoms. The molecule has 0 spiro atoms. The quantitative estimate of drug-likeness (QED) is 0.322. The number of aliphatic hydroxyl groups is 2. The molecule has 9 nitrogen and oxygen atoms in total. The van der Waals surface area contributed by atoms with E-state index in [4.69, 9.17) is 4.74 Å². The van der Waals surface area contributed by atoms with Crippen molar-refractivity contribution in [3.63, 3.8) is 0 Å². The summed E-state index contributed by atoms with van der Waals surface area (Å²) in [5.74, 6) is -2.13. The molecule has 1 saturated carbocycles. The maximum atomic E-state index is 13.5. The first-order chi connectivity index (χ1) is 16.7. The first-order valence-electron chi connectivity index (χ1n) is 12.0. The van der Waals surface area contributed by atoms with E-state index in [1.165, 1.54) is 28.9 Å². The van der Waals surface area contributed by atoms with Crippen molar-refractivity contribution in [2.75, 3.05) is 6.61 Å². The van der Waals surface area contributed by atoms with Gasteiger partial charge in [0.2, 0.25) is 5.88 Å². The summed E-state index contributed by atoms with van der Waals surface area (Å²) in [6, 6.07) is 5.61. The van der Waals surface area contributed by atoms with E-state index in [2.05, 4.69) is 10.4 Å². The number of carboxylic acids is 1. The molecule has 1 aliphatic carbocycles. The van der Waals surface area contributed by atoms with Gasteiger partial charge >= 0.3 is 29.6 Å². The van der Waals surface area contributed by atoms with Crippen LogP contribution in [0.25, 0.3) is 5.69 Å². The Morgan fingerprint density at radius 2 is 1.81 bits per heavy atom. The zero-order valence-electron chi connectivity index (χ0n) is 21.1. The van der Waals surface area contributed by atoms with Gasteiger partial charge in [-0.1, -0.05) is 33.1 Å². The molecule has 1 amide bonds. The fourth-order valence-corrected chi connectivity index (χ4v) is 4.33. The molecule has 0 saturated heterocycles. The predicted molar refractivity (Wildman–Crippen MR) is 124 cm³/mol. The average molecular weight is 514 g/mol. The van der Waals surface area contributed by atoms with Gasteiger partial charge in [0.1, 0.15) is 12.4 Å². The molecule has 1 heterocycles. The third-order valence-corrected chi connectivity index (χ3v) is 6.04. The molecule has 1 fully saturated rings. The second-order valence-corrected chi connectivity index (χ2v) is 9.35. The minimum Gasteiger partial charge on any atom is -0.550 e. The summed E-state index contributed by atoms with van der Waals surface area (Å²) in [4.78, 5) is 23.9. The minimum absolute atomic E-state index is 0. The van der Waals surface area contributed by atoms with Crippen molar-refractivity contribution < 1.29 is 63.6 Å². The number of nitrogens with zero attached hydrogens (tertiary/aromatic N) is 2. The molecule has 3 rings (SSSR count). The van der Waals surface area contributed by atoms with Crippen LogP contribution >= 0.6 is 0 Å². The summed E-state index contributed by atoms with van der Waals surface area (Å²) >= 11 is 0. The molecule has 0 unspecified atom stereocenters. The molecule has 3 N–H and O–H groups in total. The Labute approximate surface area is 232 Å². The van der Waals surface area contributed by atoms with E-state index in [1.54, 1.807) is 0 Å². The number of halogens is 1. The number of carbonyl (C=O) groups is 2. The van der Waals surface area contributed by atoms with Crippen LogP contribution in [0, 0.1) is 5.82 Å². The molecule has 0 aliphatic heterocycles. The molecule has 1 aliphatic rings. The smallest absolute Gasteiger partial charge is 0.550 e. The van der Waals surface area contributed by atoms with Crippen LogP contribution in [0.2, 0.25) is 0 Å². The SMILES string of the molecule is CC(C)c1c(C(=O)NC2CCCCC2)nn(-c2ccc(F)cc2)c1OC[C@@H](O)C[C@@H](O)CC(=O)[O-].[Na+]. The molecule has 0 radical (unpaired) electrons. The Balaban J connectivity index is 0.00000456.